The van der Waals surface area contributed by atoms with Gasteiger partial charge in [0.15, 0.2) is 0 Å². The normalized spacial score (nSPS) is 32.4. The monoisotopic (exact) mass is 487 g/mol. The summed E-state index contributed by atoms with van der Waals surface area (Å²) in [5, 5.41) is 12.1. The molecule has 8 nitrogen and oxygen atoms in total. The SMILES string of the molecule is C[C@H](CO)N1C(=O)[C@@H]2[C@@H]3C(=O)N(C)CC=C[C@@H]3O[C@@]23C=CCN(c2ccc4ccccc4c2)C(=O)C13. The Morgan fingerprint density at radius 2 is 1.81 bits per heavy atom. The van der Waals surface area contributed by atoms with E-state index in [0.717, 1.165) is 16.5 Å². The first-order chi connectivity index (χ1) is 17.4. The Bertz CT molecular complexity index is 1320. The first-order valence-electron chi connectivity index (χ1n) is 12.4. The quantitative estimate of drug-likeness (QED) is 0.666. The second-order valence-corrected chi connectivity index (χ2v) is 10.1. The third kappa shape index (κ3) is 3.10. The van der Waals surface area contributed by atoms with E-state index in [4.69, 9.17) is 4.74 Å². The van der Waals surface area contributed by atoms with Gasteiger partial charge in [0.2, 0.25) is 11.8 Å². The Morgan fingerprint density at radius 1 is 1.03 bits per heavy atom. The summed E-state index contributed by atoms with van der Waals surface area (Å²) in [7, 11) is 1.71. The van der Waals surface area contributed by atoms with Crippen LogP contribution in [0.5, 0.6) is 0 Å². The molecule has 2 aromatic carbocycles. The first kappa shape index (κ1) is 22.9. The van der Waals surface area contributed by atoms with Crippen LogP contribution in [0.2, 0.25) is 0 Å². The second kappa shape index (κ2) is 8.28. The van der Waals surface area contributed by atoms with Gasteiger partial charge in [0, 0.05) is 25.8 Å². The van der Waals surface area contributed by atoms with Gasteiger partial charge in [0.05, 0.1) is 30.6 Å². The number of aliphatic hydroxyl groups is 1. The Labute approximate surface area is 209 Å². The number of aliphatic hydroxyl groups excluding tert-OH is 1. The molecule has 4 aliphatic heterocycles. The van der Waals surface area contributed by atoms with Gasteiger partial charge in [-0.1, -0.05) is 54.6 Å². The van der Waals surface area contributed by atoms with Gasteiger partial charge in [-0.15, -0.1) is 0 Å². The summed E-state index contributed by atoms with van der Waals surface area (Å²) in [6.07, 6.45) is 6.79. The van der Waals surface area contributed by atoms with E-state index in [0.29, 0.717) is 13.1 Å². The van der Waals surface area contributed by atoms with Gasteiger partial charge in [-0.3, -0.25) is 14.4 Å². The Kier molecular flexibility index (Phi) is 5.28. The zero-order valence-corrected chi connectivity index (χ0v) is 20.3. The molecular weight excluding hydrogens is 458 g/mol. The molecule has 2 saturated heterocycles. The van der Waals surface area contributed by atoms with Gasteiger partial charge < -0.3 is 24.5 Å². The highest BCUT2D eigenvalue weighted by Crippen LogP contribution is 2.54. The van der Waals surface area contributed by atoms with Crippen LogP contribution < -0.4 is 4.90 Å². The van der Waals surface area contributed by atoms with Crippen molar-refractivity contribution in [2.24, 2.45) is 11.8 Å². The lowest BCUT2D eigenvalue weighted by Crippen LogP contribution is -2.57. The molecule has 2 aromatic rings. The maximum Gasteiger partial charge on any atom is 0.253 e. The summed E-state index contributed by atoms with van der Waals surface area (Å²) < 4.78 is 6.57. The first-order valence-corrected chi connectivity index (χ1v) is 12.4. The summed E-state index contributed by atoms with van der Waals surface area (Å²) in [4.78, 5) is 46.4. The molecule has 6 atom stereocenters. The van der Waals surface area contributed by atoms with Crippen LogP contribution in [0.3, 0.4) is 0 Å². The second-order valence-electron chi connectivity index (χ2n) is 10.1. The van der Waals surface area contributed by atoms with Crippen LogP contribution in [-0.4, -0.2) is 83.2 Å². The number of hydrogen-bond donors (Lipinski definition) is 1. The van der Waals surface area contributed by atoms with E-state index in [1.165, 1.54) is 4.90 Å². The molecule has 3 amide bonds. The van der Waals surface area contributed by atoms with Crippen LogP contribution in [0.15, 0.2) is 66.8 Å². The van der Waals surface area contributed by atoms with E-state index < -0.39 is 35.6 Å². The zero-order chi connectivity index (χ0) is 25.2. The number of nitrogens with zero attached hydrogens (tertiary/aromatic N) is 3. The van der Waals surface area contributed by atoms with Crippen LogP contribution >= 0.6 is 0 Å². The van der Waals surface area contributed by atoms with Crippen LogP contribution in [0, 0.1) is 11.8 Å². The maximum absolute atomic E-state index is 14.3. The van der Waals surface area contributed by atoms with Gasteiger partial charge in [0.1, 0.15) is 11.6 Å². The summed E-state index contributed by atoms with van der Waals surface area (Å²) in [6, 6.07) is 12.2. The standard InChI is InChI=1S/C28H29N3O5/c1-17(16-32)31-24-27(35)30(20-11-10-18-7-3-4-8-19(18)15-20)14-6-12-28(24)23(26(31)34)22-21(36-28)9-5-13-29(2)25(22)33/h3-12,15,17,21-24,32H,13-14,16H2,1-2H3/t17-,21+,22-,23+,24?,28+/m1/s1. The van der Waals surface area contributed by atoms with Gasteiger partial charge in [0.25, 0.3) is 5.91 Å². The lowest BCUT2D eigenvalue weighted by atomic mass is 9.77. The van der Waals surface area contributed by atoms with Crippen molar-refractivity contribution in [1.29, 1.82) is 0 Å². The third-order valence-corrected chi connectivity index (χ3v) is 8.08. The largest absolute Gasteiger partial charge is 0.394 e. The van der Waals surface area contributed by atoms with Crippen molar-refractivity contribution >= 4 is 34.2 Å². The number of amides is 3. The van der Waals surface area contributed by atoms with Crippen LogP contribution in [0.4, 0.5) is 5.69 Å². The molecule has 8 heteroatoms. The fourth-order valence-corrected chi connectivity index (χ4v) is 6.34. The molecule has 4 heterocycles. The topological polar surface area (TPSA) is 90.4 Å². The number of carbonyl (C=O) groups excluding carboxylic acids is 3. The number of anilines is 1. The van der Waals surface area contributed by atoms with Crippen molar-refractivity contribution < 1.29 is 24.2 Å². The summed E-state index contributed by atoms with van der Waals surface area (Å²) in [5.41, 5.74) is -0.577. The smallest absolute Gasteiger partial charge is 0.253 e. The molecular formula is C28H29N3O5. The molecule has 2 fully saturated rings. The average molecular weight is 488 g/mol. The molecule has 0 saturated carbocycles. The fraction of sp³-hybridized carbons (Fsp3) is 0.393. The lowest BCUT2D eigenvalue weighted by Gasteiger charge is -2.37. The zero-order valence-electron chi connectivity index (χ0n) is 20.3. The minimum Gasteiger partial charge on any atom is -0.394 e. The minimum atomic E-state index is -1.29. The number of likely N-dealkylation sites (tertiary alicyclic amines) is 1. The van der Waals surface area contributed by atoms with Crippen LogP contribution in [-0.2, 0) is 19.1 Å². The third-order valence-electron chi connectivity index (χ3n) is 8.08. The van der Waals surface area contributed by atoms with Crippen molar-refractivity contribution in [3.63, 3.8) is 0 Å². The molecule has 0 radical (unpaired) electrons. The Hall–Kier alpha value is -3.49. The number of ether oxygens (including phenoxy) is 1. The number of hydrogen-bond acceptors (Lipinski definition) is 5. The summed E-state index contributed by atoms with van der Waals surface area (Å²) >= 11 is 0. The van der Waals surface area contributed by atoms with Crippen molar-refractivity contribution in [2.75, 3.05) is 31.6 Å². The molecule has 1 N–H and O–H groups in total. The van der Waals surface area contributed by atoms with Crippen molar-refractivity contribution in [3.8, 4) is 0 Å². The maximum atomic E-state index is 14.3. The predicted molar refractivity (Wildman–Crippen MR) is 134 cm³/mol. The molecule has 6 rings (SSSR count). The van der Waals surface area contributed by atoms with Gasteiger partial charge in [-0.05, 0) is 29.8 Å². The molecule has 4 aliphatic rings. The van der Waals surface area contributed by atoms with Crippen molar-refractivity contribution in [2.45, 2.75) is 30.7 Å². The molecule has 36 heavy (non-hydrogen) atoms. The number of likely N-dealkylation sites (N-methyl/N-ethyl adjacent to an activating group) is 1. The molecule has 186 valence electrons. The molecule has 0 bridgehead atoms. The van der Waals surface area contributed by atoms with Crippen LogP contribution in [0.1, 0.15) is 6.92 Å². The Balaban J connectivity index is 1.48. The number of benzene rings is 2. The summed E-state index contributed by atoms with van der Waals surface area (Å²) in [5.74, 6) is -2.37. The van der Waals surface area contributed by atoms with E-state index in [-0.39, 0.29) is 24.3 Å². The van der Waals surface area contributed by atoms with Crippen LogP contribution in [0.25, 0.3) is 10.8 Å². The van der Waals surface area contributed by atoms with E-state index in [1.807, 2.05) is 66.8 Å². The molecule has 0 aliphatic carbocycles. The Morgan fingerprint density at radius 3 is 2.58 bits per heavy atom. The highest BCUT2D eigenvalue weighted by atomic mass is 16.5. The van der Waals surface area contributed by atoms with E-state index in [9.17, 15) is 19.5 Å². The van der Waals surface area contributed by atoms with Crippen molar-refractivity contribution in [1.82, 2.24) is 9.80 Å². The van der Waals surface area contributed by atoms with Gasteiger partial charge in [-0.25, -0.2) is 0 Å². The average Bonchev–Trinajstić information content (AvgIpc) is 3.22. The summed E-state index contributed by atoms with van der Waals surface area (Å²) in [6.45, 7) is 2.15. The van der Waals surface area contributed by atoms with E-state index in [2.05, 4.69) is 0 Å². The number of carbonyl (C=O) groups is 3. The minimum absolute atomic E-state index is 0.172. The van der Waals surface area contributed by atoms with Gasteiger partial charge in [-0.2, -0.15) is 0 Å². The highest BCUT2D eigenvalue weighted by molar-refractivity contribution is 6.06. The predicted octanol–water partition coefficient (Wildman–Crippen LogP) is 1.73. The van der Waals surface area contributed by atoms with E-state index >= 15 is 0 Å². The molecule has 1 unspecified atom stereocenters. The number of fused-ring (bicyclic) bond motifs is 3. The lowest BCUT2D eigenvalue weighted by molar-refractivity contribution is -0.146. The highest BCUT2D eigenvalue weighted by Gasteiger charge is 2.72. The van der Waals surface area contributed by atoms with Gasteiger partial charge >= 0.3 is 0 Å². The number of rotatable bonds is 3. The molecule has 0 aromatic heterocycles. The van der Waals surface area contributed by atoms with Crippen molar-refractivity contribution in [3.05, 3.63) is 66.8 Å². The van der Waals surface area contributed by atoms with E-state index in [1.54, 1.807) is 23.8 Å². The fourth-order valence-electron chi connectivity index (χ4n) is 6.34. The molecule has 1 spiro atoms.